The van der Waals surface area contributed by atoms with Crippen LogP contribution in [0.25, 0.3) is 0 Å². The normalized spacial score (nSPS) is 26.2. The maximum atomic E-state index is 6.14. The van der Waals surface area contributed by atoms with Gasteiger partial charge >= 0.3 is 0 Å². The third-order valence-corrected chi connectivity index (χ3v) is 4.43. The molecule has 0 bridgehead atoms. The van der Waals surface area contributed by atoms with Gasteiger partial charge in [0.25, 0.3) is 0 Å². The van der Waals surface area contributed by atoms with E-state index in [0.29, 0.717) is 12.0 Å². The second-order valence-corrected chi connectivity index (χ2v) is 5.92. The maximum absolute atomic E-state index is 6.14. The Bertz CT molecular complexity index is 334. The summed E-state index contributed by atoms with van der Waals surface area (Å²) in [6, 6.07) is 4.45. The molecule has 2 heterocycles. The molecule has 1 N–H and O–H groups in total. The molecule has 0 aromatic carbocycles. The number of rotatable bonds is 3. The van der Waals surface area contributed by atoms with Crippen LogP contribution in [-0.2, 0) is 11.2 Å². The highest BCUT2D eigenvalue weighted by Crippen LogP contribution is 2.29. The number of nitrogens with one attached hydrogen (secondary N) is 1. The minimum absolute atomic E-state index is 0.256. The Labute approximate surface area is 102 Å². The molecule has 1 aromatic heterocycles. The Morgan fingerprint density at radius 1 is 1.44 bits per heavy atom. The van der Waals surface area contributed by atoms with Gasteiger partial charge in [0.1, 0.15) is 6.10 Å². The van der Waals surface area contributed by atoms with Gasteiger partial charge in [-0.15, -0.1) is 11.3 Å². The van der Waals surface area contributed by atoms with Crippen molar-refractivity contribution in [2.75, 3.05) is 13.1 Å². The summed E-state index contributed by atoms with van der Waals surface area (Å²) in [5.74, 6) is 0.584. The zero-order chi connectivity index (χ0) is 11.5. The van der Waals surface area contributed by atoms with Crippen molar-refractivity contribution >= 4 is 11.3 Å². The maximum Gasteiger partial charge on any atom is 0.104 e. The molecule has 1 aliphatic rings. The van der Waals surface area contributed by atoms with E-state index in [4.69, 9.17) is 4.74 Å². The van der Waals surface area contributed by atoms with Gasteiger partial charge in [0, 0.05) is 22.8 Å². The van der Waals surface area contributed by atoms with Crippen molar-refractivity contribution in [3.05, 3.63) is 21.9 Å². The zero-order valence-corrected chi connectivity index (χ0v) is 11.1. The third kappa shape index (κ3) is 2.65. The van der Waals surface area contributed by atoms with Gasteiger partial charge in [-0.25, -0.2) is 0 Å². The molecule has 3 heteroatoms. The highest BCUT2D eigenvalue weighted by Gasteiger charge is 2.26. The van der Waals surface area contributed by atoms with Crippen LogP contribution in [0.3, 0.4) is 0 Å². The molecule has 0 saturated carbocycles. The Kier molecular flexibility index (Phi) is 4.00. The number of morpholine rings is 1. The van der Waals surface area contributed by atoms with E-state index in [1.54, 1.807) is 0 Å². The molecule has 2 rings (SSSR count). The van der Waals surface area contributed by atoms with Crippen molar-refractivity contribution in [1.29, 1.82) is 0 Å². The molecule has 2 nitrogen and oxygen atoms in total. The lowest BCUT2D eigenvalue weighted by atomic mass is 10.1. The lowest BCUT2D eigenvalue weighted by Crippen LogP contribution is -2.42. The molecule has 16 heavy (non-hydrogen) atoms. The van der Waals surface area contributed by atoms with Crippen LogP contribution in [0.2, 0.25) is 0 Å². The van der Waals surface area contributed by atoms with Crippen molar-refractivity contribution in [2.24, 2.45) is 5.92 Å². The predicted octanol–water partition coefficient (Wildman–Crippen LogP) is 3.00. The van der Waals surface area contributed by atoms with Gasteiger partial charge < -0.3 is 10.1 Å². The Morgan fingerprint density at radius 2 is 2.25 bits per heavy atom. The summed E-state index contributed by atoms with van der Waals surface area (Å²) in [7, 11) is 0. The molecule has 0 radical (unpaired) electrons. The van der Waals surface area contributed by atoms with E-state index in [1.807, 2.05) is 11.3 Å². The van der Waals surface area contributed by atoms with Crippen molar-refractivity contribution in [3.8, 4) is 0 Å². The molecular weight excluding hydrogens is 218 g/mol. The van der Waals surface area contributed by atoms with Crippen LogP contribution >= 0.6 is 11.3 Å². The molecular formula is C13H21NOS. The quantitative estimate of drug-likeness (QED) is 0.875. The first-order chi connectivity index (χ1) is 7.70. The van der Waals surface area contributed by atoms with Gasteiger partial charge in [-0.05, 0) is 24.5 Å². The average molecular weight is 239 g/mol. The van der Waals surface area contributed by atoms with E-state index < -0.39 is 0 Å². The van der Waals surface area contributed by atoms with Gasteiger partial charge in [-0.1, -0.05) is 20.8 Å². The molecule has 1 fully saturated rings. The zero-order valence-electron chi connectivity index (χ0n) is 10.3. The monoisotopic (exact) mass is 239 g/mol. The van der Waals surface area contributed by atoms with Gasteiger partial charge in [0.15, 0.2) is 0 Å². The summed E-state index contributed by atoms with van der Waals surface area (Å²) in [6.45, 7) is 8.58. The standard InChI is InChI=1S/C13H21NOS/c1-4-10-5-6-13(16-10)12-8-14-7-11(15-12)9(2)3/h5-6,9,11-12,14H,4,7-8H2,1-3H3. The van der Waals surface area contributed by atoms with Crippen molar-refractivity contribution < 1.29 is 4.74 Å². The first-order valence-corrected chi connectivity index (χ1v) is 6.97. The summed E-state index contributed by atoms with van der Waals surface area (Å²) in [5.41, 5.74) is 0. The first-order valence-electron chi connectivity index (χ1n) is 6.15. The Hall–Kier alpha value is -0.380. The van der Waals surface area contributed by atoms with Crippen molar-refractivity contribution in [2.45, 2.75) is 39.4 Å². The van der Waals surface area contributed by atoms with Gasteiger partial charge in [-0.2, -0.15) is 0 Å². The van der Waals surface area contributed by atoms with Crippen LogP contribution < -0.4 is 5.32 Å². The molecule has 1 aliphatic heterocycles. The van der Waals surface area contributed by atoms with Crippen LogP contribution in [-0.4, -0.2) is 19.2 Å². The van der Waals surface area contributed by atoms with Crippen LogP contribution in [0, 0.1) is 5.92 Å². The second kappa shape index (κ2) is 5.30. The minimum atomic E-state index is 0.256. The van der Waals surface area contributed by atoms with E-state index in [1.165, 1.54) is 9.75 Å². The fourth-order valence-electron chi connectivity index (χ4n) is 1.98. The van der Waals surface area contributed by atoms with E-state index in [2.05, 4.69) is 38.2 Å². The molecule has 0 aliphatic carbocycles. The molecule has 0 spiro atoms. The molecule has 90 valence electrons. The van der Waals surface area contributed by atoms with Crippen molar-refractivity contribution in [1.82, 2.24) is 5.32 Å². The minimum Gasteiger partial charge on any atom is -0.367 e. The van der Waals surface area contributed by atoms with E-state index in [0.717, 1.165) is 19.5 Å². The highest BCUT2D eigenvalue weighted by molar-refractivity contribution is 7.12. The largest absolute Gasteiger partial charge is 0.367 e. The summed E-state index contributed by atoms with van der Waals surface area (Å²) < 4.78 is 6.14. The molecule has 2 atom stereocenters. The highest BCUT2D eigenvalue weighted by atomic mass is 32.1. The average Bonchev–Trinajstić information content (AvgIpc) is 2.77. The van der Waals surface area contributed by atoms with Gasteiger partial charge in [0.2, 0.25) is 0 Å². The lowest BCUT2D eigenvalue weighted by molar-refractivity contribution is -0.0587. The van der Waals surface area contributed by atoms with E-state index in [9.17, 15) is 0 Å². The van der Waals surface area contributed by atoms with E-state index >= 15 is 0 Å². The number of hydrogen-bond donors (Lipinski definition) is 1. The summed E-state index contributed by atoms with van der Waals surface area (Å²) in [6.07, 6.45) is 1.73. The fourth-order valence-corrected chi connectivity index (χ4v) is 2.97. The van der Waals surface area contributed by atoms with Crippen LogP contribution in [0.5, 0.6) is 0 Å². The number of hydrogen-bond acceptors (Lipinski definition) is 3. The number of aryl methyl sites for hydroxylation is 1. The third-order valence-electron chi connectivity index (χ3n) is 3.11. The smallest absolute Gasteiger partial charge is 0.104 e. The predicted molar refractivity (Wildman–Crippen MR) is 69.0 cm³/mol. The SMILES string of the molecule is CCc1ccc(C2CNCC(C(C)C)O2)s1. The summed E-state index contributed by atoms with van der Waals surface area (Å²) in [4.78, 5) is 2.82. The number of thiophene rings is 1. The van der Waals surface area contributed by atoms with Crippen LogP contribution in [0.15, 0.2) is 12.1 Å². The van der Waals surface area contributed by atoms with Gasteiger partial charge in [-0.3, -0.25) is 0 Å². The fraction of sp³-hybridized carbons (Fsp3) is 0.692. The molecule has 0 amide bonds. The first kappa shape index (κ1) is 12.1. The molecule has 1 aromatic rings. The Morgan fingerprint density at radius 3 is 2.88 bits per heavy atom. The Balaban J connectivity index is 2.03. The van der Waals surface area contributed by atoms with Crippen LogP contribution in [0.4, 0.5) is 0 Å². The number of ether oxygens (including phenoxy) is 1. The van der Waals surface area contributed by atoms with Crippen molar-refractivity contribution in [3.63, 3.8) is 0 Å². The molecule has 2 unspecified atom stereocenters. The molecule has 1 saturated heterocycles. The second-order valence-electron chi connectivity index (χ2n) is 4.72. The summed E-state index contributed by atoms with van der Waals surface area (Å²) in [5, 5.41) is 3.47. The summed E-state index contributed by atoms with van der Waals surface area (Å²) >= 11 is 1.89. The lowest BCUT2D eigenvalue weighted by Gasteiger charge is -2.32. The topological polar surface area (TPSA) is 21.3 Å². The van der Waals surface area contributed by atoms with E-state index in [-0.39, 0.29) is 6.10 Å². The van der Waals surface area contributed by atoms with Crippen LogP contribution in [0.1, 0.15) is 36.6 Å². The van der Waals surface area contributed by atoms with Gasteiger partial charge in [0.05, 0.1) is 6.10 Å².